The molecule has 0 aromatic heterocycles. The molecule has 0 radical (unpaired) electrons. The quantitative estimate of drug-likeness (QED) is 0.477. The van der Waals surface area contributed by atoms with Crippen molar-refractivity contribution in [3.63, 3.8) is 0 Å². The van der Waals surface area contributed by atoms with Gasteiger partial charge in [0.25, 0.3) is 0 Å². The van der Waals surface area contributed by atoms with E-state index in [0.29, 0.717) is 0 Å². The number of hydrogen-bond donors (Lipinski definition) is 2. The highest BCUT2D eigenvalue weighted by Gasteiger charge is 2.17. The fourth-order valence-electron chi connectivity index (χ4n) is 0.239. The smallest absolute Gasteiger partial charge is 0.324 e. The number of aliphatic carboxylic acids is 1. The van der Waals surface area contributed by atoms with Crippen LogP contribution in [0.3, 0.4) is 0 Å². The number of carboxylic acid groups (broad SMARTS) is 1. The Morgan fingerprint density at radius 2 is 2.33 bits per heavy atom. The molecule has 0 aliphatic carbocycles. The lowest BCUT2D eigenvalue weighted by atomic mass is 10.4. The second-order valence-corrected chi connectivity index (χ2v) is 2.49. The number of rotatable bonds is 3. The van der Waals surface area contributed by atoms with Gasteiger partial charge in [0.05, 0.1) is 0 Å². The molecule has 9 heavy (non-hydrogen) atoms. The van der Waals surface area contributed by atoms with Crippen LogP contribution in [-0.4, -0.2) is 23.3 Å². The van der Waals surface area contributed by atoms with Gasteiger partial charge in [-0.2, -0.15) is 0 Å². The molecule has 2 atom stereocenters. The minimum atomic E-state index is -2.68. The average Bonchev–Trinajstić information content (AvgIpc) is 1.63. The molecule has 0 aromatic carbocycles. The fourth-order valence-corrected chi connectivity index (χ4v) is 0.716. The first kappa shape index (κ1) is 8.49. The SMILES string of the molecule is N[C@@H](C[P+](=O)[O-])C(=O)O. The van der Waals surface area contributed by atoms with Crippen LogP contribution in [-0.2, 0) is 9.36 Å². The van der Waals surface area contributed by atoms with Crippen molar-refractivity contribution in [2.75, 3.05) is 6.16 Å². The number of hydrogen-bond acceptors (Lipinski definition) is 4. The van der Waals surface area contributed by atoms with Crippen LogP contribution >= 0.6 is 8.03 Å². The molecule has 0 fully saturated rings. The molecule has 0 aliphatic heterocycles. The largest absolute Gasteiger partial charge is 0.595 e. The van der Waals surface area contributed by atoms with Gasteiger partial charge in [0.2, 0.25) is 0 Å². The molecular formula is C3H6NO4P. The van der Waals surface area contributed by atoms with Gasteiger partial charge < -0.3 is 15.7 Å². The molecular weight excluding hydrogens is 145 g/mol. The van der Waals surface area contributed by atoms with Crippen LogP contribution in [0.5, 0.6) is 0 Å². The van der Waals surface area contributed by atoms with E-state index < -0.39 is 26.2 Å². The number of carbonyl (C=O) groups is 1. The summed E-state index contributed by atoms with van der Waals surface area (Å²) in [4.78, 5) is 19.7. The maximum atomic E-state index is 9.84. The Morgan fingerprint density at radius 3 is 2.44 bits per heavy atom. The van der Waals surface area contributed by atoms with Gasteiger partial charge in [-0.3, -0.25) is 4.79 Å². The van der Waals surface area contributed by atoms with Crippen molar-refractivity contribution in [2.24, 2.45) is 5.73 Å². The molecule has 0 bridgehead atoms. The summed E-state index contributed by atoms with van der Waals surface area (Å²) in [7, 11) is -2.68. The third kappa shape index (κ3) is 4.02. The third-order valence-corrected chi connectivity index (χ3v) is 1.35. The van der Waals surface area contributed by atoms with Crippen molar-refractivity contribution < 1.29 is 19.4 Å². The second-order valence-electron chi connectivity index (χ2n) is 1.46. The van der Waals surface area contributed by atoms with E-state index in [4.69, 9.17) is 10.8 Å². The first-order valence-corrected chi connectivity index (χ1v) is 3.50. The summed E-state index contributed by atoms with van der Waals surface area (Å²) in [5.74, 6) is -1.30. The summed E-state index contributed by atoms with van der Waals surface area (Å²) in [6.07, 6.45) is -0.495. The number of nitrogens with two attached hydrogens (primary N) is 1. The highest BCUT2D eigenvalue weighted by molar-refractivity contribution is 7.36. The Labute approximate surface area is 52.4 Å². The lowest BCUT2D eigenvalue weighted by Gasteiger charge is -1.96. The van der Waals surface area contributed by atoms with Gasteiger partial charge in [-0.1, -0.05) is 4.57 Å². The van der Waals surface area contributed by atoms with E-state index in [9.17, 15) is 14.3 Å². The zero-order valence-corrected chi connectivity index (χ0v) is 5.38. The molecule has 5 nitrogen and oxygen atoms in total. The monoisotopic (exact) mass is 151 g/mol. The fraction of sp³-hybridized carbons (Fsp3) is 0.667. The van der Waals surface area contributed by atoms with Gasteiger partial charge in [0.15, 0.2) is 6.16 Å². The summed E-state index contributed by atoms with van der Waals surface area (Å²) >= 11 is 0. The Morgan fingerprint density at radius 1 is 1.89 bits per heavy atom. The van der Waals surface area contributed by atoms with Gasteiger partial charge >= 0.3 is 14.0 Å². The lowest BCUT2D eigenvalue weighted by molar-refractivity contribution is -0.165. The van der Waals surface area contributed by atoms with Crippen molar-refractivity contribution in [1.82, 2.24) is 0 Å². The van der Waals surface area contributed by atoms with Crippen molar-refractivity contribution in [3.8, 4) is 0 Å². The van der Waals surface area contributed by atoms with Crippen molar-refractivity contribution >= 4 is 14.0 Å². The molecule has 0 aromatic rings. The van der Waals surface area contributed by atoms with E-state index in [1.807, 2.05) is 0 Å². The molecule has 0 rings (SSSR count). The van der Waals surface area contributed by atoms with Crippen LogP contribution in [0.2, 0.25) is 0 Å². The molecule has 1 unspecified atom stereocenters. The van der Waals surface area contributed by atoms with E-state index in [1.165, 1.54) is 0 Å². The minimum absolute atomic E-state index is 0.495. The van der Waals surface area contributed by atoms with E-state index in [0.717, 1.165) is 0 Å². The summed E-state index contributed by atoms with van der Waals surface area (Å²) in [6.45, 7) is 0. The lowest BCUT2D eigenvalue weighted by Crippen LogP contribution is -2.33. The highest BCUT2D eigenvalue weighted by Crippen LogP contribution is 2.06. The van der Waals surface area contributed by atoms with Gasteiger partial charge in [0, 0.05) is 0 Å². The van der Waals surface area contributed by atoms with E-state index >= 15 is 0 Å². The maximum Gasteiger partial charge on any atom is 0.324 e. The molecule has 0 saturated carbocycles. The van der Waals surface area contributed by atoms with Crippen molar-refractivity contribution in [3.05, 3.63) is 0 Å². The molecule has 0 amide bonds. The third-order valence-electron chi connectivity index (χ3n) is 0.663. The molecule has 0 spiro atoms. The average molecular weight is 151 g/mol. The molecule has 0 aliphatic rings. The summed E-state index contributed by atoms with van der Waals surface area (Å²) < 4.78 is 9.81. The van der Waals surface area contributed by atoms with Crippen molar-refractivity contribution in [2.45, 2.75) is 6.04 Å². The van der Waals surface area contributed by atoms with Crippen molar-refractivity contribution in [1.29, 1.82) is 0 Å². The van der Waals surface area contributed by atoms with Crippen LogP contribution in [0, 0.1) is 0 Å². The Hall–Kier alpha value is -0.510. The van der Waals surface area contributed by atoms with Crippen LogP contribution < -0.4 is 10.6 Å². The topological polar surface area (TPSA) is 103 Å². The van der Waals surface area contributed by atoms with Crippen LogP contribution in [0.4, 0.5) is 0 Å². The first-order chi connectivity index (χ1) is 4.04. The predicted molar refractivity (Wildman–Crippen MR) is 28.1 cm³/mol. The summed E-state index contributed by atoms with van der Waals surface area (Å²) in [5, 5.41) is 8.04. The first-order valence-electron chi connectivity index (χ1n) is 2.14. The highest BCUT2D eigenvalue weighted by atomic mass is 31.1. The maximum absolute atomic E-state index is 9.84. The van der Waals surface area contributed by atoms with Crippen LogP contribution in [0.15, 0.2) is 0 Å². The minimum Gasteiger partial charge on any atom is -0.595 e. The Balaban J connectivity index is 3.63. The molecule has 52 valence electrons. The number of carboxylic acids is 1. The normalized spacial score (nSPS) is 14.7. The zero-order valence-electron chi connectivity index (χ0n) is 4.48. The van der Waals surface area contributed by atoms with E-state index in [2.05, 4.69) is 0 Å². The van der Waals surface area contributed by atoms with E-state index in [1.54, 1.807) is 0 Å². The van der Waals surface area contributed by atoms with Gasteiger partial charge in [-0.15, -0.1) is 0 Å². The van der Waals surface area contributed by atoms with Gasteiger partial charge in [0.1, 0.15) is 6.04 Å². The zero-order chi connectivity index (χ0) is 7.44. The van der Waals surface area contributed by atoms with E-state index in [-0.39, 0.29) is 0 Å². The van der Waals surface area contributed by atoms with Crippen LogP contribution in [0.1, 0.15) is 0 Å². The van der Waals surface area contributed by atoms with Crippen LogP contribution in [0.25, 0.3) is 0 Å². The van der Waals surface area contributed by atoms with Gasteiger partial charge in [-0.05, 0) is 0 Å². The Bertz CT molecular complexity index is 136. The molecule has 0 saturated heterocycles. The summed E-state index contributed by atoms with van der Waals surface area (Å²) in [6, 6.07) is -1.29. The molecule has 0 heterocycles. The summed E-state index contributed by atoms with van der Waals surface area (Å²) in [5.41, 5.74) is 4.83. The second kappa shape index (κ2) is 3.50. The molecule has 3 N–H and O–H groups in total. The molecule has 6 heteroatoms. The van der Waals surface area contributed by atoms with Gasteiger partial charge in [-0.25, -0.2) is 0 Å². The standard InChI is InChI=1S/C3H6NO4P/c4-2(3(5)6)1-9(7)8/h2H,1,4H2,(H,5,6)/t2-/m0/s1. The predicted octanol–water partition coefficient (Wildman–Crippen LogP) is -1.50. The Kier molecular flexibility index (Phi) is 3.30.